The van der Waals surface area contributed by atoms with E-state index in [1.807, 2.05) is 31.2 Å². The van der Waals surface area contributed by atoms with Gasteiger partial charge in [0.15, 0.2) is 6.61 Å². The molecule has 0 atom stereocenters. The van der Waals surface area contributed by atoms with Crippen LogP contribution in [0.25, 0.3) is 0 Å². The van der Waals surface area contributed by atoms with Crippen molar-refractivity contribution in [1.82, 2.24) is 9.78 Å². The van der Waals surface area contributed by atoms with Crippen molar-refractivity contribution in [2.75, 3.05) is 5.32 Å². The van der Waals surface area contributed by atoms with Gasteiger partial charge in [-0.05, 0) is 49.0 Å². The second-order valence-corrected chi connectivity index (χ2v) is 6.84. The molecule has 0 aliphatic rings. The third-order valence-corrected chi connectivity index (χ3v) is 4.43. The number of nitrogens with zero attached hydrogens (tertiary/aromatic N) is 2. The highest BCUT2D eigenvalue weighted by atomic mass is 35.5. The number of aromatic nitrogens is 2. The molecule has 0 aliphatic carbocycles. The van der Waals surface area contributed by atoms with Gasteiger partial charge in [-0.25, -0.2) is 4.68 Å². The normalized spacial score (nSPS) is 10.6. The van der Waals surface area contributed by atoms with Crippen LogP contribution >= 0.6 is 35.4 Å². The highest BCUT2D eigenvalue weighted by Gasteiger charge is 2.12. The summed E-state index contributed by atoms with van der Waals surface area (Å²) < 4.78 is 12.2. The van der Waals surface area contributed by atoms with E-state index in [9.17, 15) is 4.79 Å². The lowest BCUT2D eigenvalue weighted by molar-refractivity contribution is -0.117. The summed E-state index contributed by atoms with van der Waals surface area (Å²) in [5.41, 5.74) is 1.70. The minimum absolute atomic E-state index is 0.0113. The number of benzene rings is 2. The van der Waals surface area contributed by atoms with Crippen molar-refractivity contribution in [1.29, 1.82) is 0 Å². The zero-order valence-corrected chi connectivity index (χ0v) is 16.6. The fourth-order valence-corrected chi connectivity index (χ4v) is 2.94. The summed E-state index contributed by atoms with van der Waals surface area (Å²) in [6, 6.07) is 12.4. The molecule has 2 aromatic carbocycles. The van der Waals surface area contributed by atoms with Crippen LogP contribution in [-0.4, -0.2) is 15.7 Å². The Labute approximate surface area is 170 Å². The third kappa shape index (κ3) is 5.09. The maximum Gasteiger partial charge on any atom is 0.287 e. The van der Waals surface area contributed by atoms with Gasteiger partial charge in [0, 0.05) is 10.7 Å². The van der Waals surface area contributed by atoms with Crippen molar-refractivity contribution in [3.63, 3.8) is 0 Å². The SMILES string of the molecule is Cc1ccccc1NC(=O)Cn1nc(COc2ccc(Cl)cc2Cl)oc1=S. The van der Waals surface area contributed by atoms with Crippen LogP contribution in [0.15, 0.2) is 46.9 Å². The second-order valence-electron chi connectivity index (χ2n) is 5.65. The maximum absolute atomic E-state index is 12.2. The van der Waals surface area contributed by atoms with Gasteiger partial charge in [-0.3, -0.25) is 4.79 Å². The number of ether oxygens (including phenoxy) is 1. The summed E-state index contributed by atoms with van der Waals surface area (Å²) in [7, 11) is 0. The van der Waals surface area contributed by atoms with E-state index in [0.717, 1.165) is 11.3 Å². The minimum atomic E-state index is -0.262. The molecule has 1 N–H and O–H groups in total. The molecule has 1 heterocycles. The molecule has 140 valence electrons. The van der Waals surface area contributed by atoms with E-state index in [4.69, 9.17) is 44.6 Å². The summed E-state index contributed by atoms with van der Waals surface area (Å²) in [6.07, 6.45) is 0. The van der Waals surface area contributed by atoms with Crippen molar-refractivity contribution >= 4 is 47.0 Å². The molecule has 3 rings (SSSR count). The standard InChI is InChI=1S/C18H15Cl2N3O3S/c1-11-4-2-3-5-14(11)21-16(24)9-23-18(27)26-17(22-23)10-25-15-7-6-12(19)8-13(15)20/h2-8H,9-10H2,1H3,(H,21,24). The van der Waals surface area contributed by atoms with E-state index >= 15 is 0 Å². The topological polar surface area (TPSA) is 69.3 Å². The van der Waals surface area contributed by atoms with Crippen LogP contribution in [-0.2, 0) is 17.9 Å². The molecular weight excluding hydrogens is 409 g/mol. The Morgan fingerprint density at radius 3 is 2.81 bits per heavy atom. The Kier molecular flexibility index (Phi) is 6.15. The lowest BCUT2D eigenvalue weighted by Crippen LogP contribution is -2.20. The lowest BCUT2D eigenvalue weighted by atomic mass is 10.2. The highest BCUT2D eigenvalue weighted by Crippen LogP contribution is 2.28. The molecule has 0 spiro atoms. The van der Waals surface area contributed by atoms with Crippen LogP contribution in [0.4, 0.5) is 5.69 Å². The second kappa shape index (κ2) is 8.56. The van der Waals surface area contributed by atoms with Gasteiger partial charge in [0.1, 0.15) is 12.3 Å². The first-order chi connectivity index (χ1) is 12.9. The quantitative estimate of drug-likeness (QED) is 0.562. The van der Waals surface area contributed by atoms with E-state index in [1.165, 1.54) is 4.68 Å². The zero-order chi connectivity index (χ0) is 19.4. The summed E-state index contributed by atoms with van der Waals surface area (Å²) in [5, 5.41) is 7.87. The number of para-hydroxylation sites is 1. The Morgan fingerprint density at radius 1 is 1.30 bits per heavy atom. The maximum atomic E-state index is 12.2. The largest absolute Gasteiger partial charge is 0.482 e. The fraction of sp³-hybridized carbons (Fsp3) is 0.167. The highest BCUT2D eigenvalue weighted by molar-refractivity contribution is 7.71. The lowest BCUT2D eigenvalue weighted by Gasteiger charge is -2.07. The Hall–Kier alpha value is -2.35. The molecular formula is C18H15Cl2N3O3S. The summed E-state index contributed by atoms with van der Waals surface area (Å²) >= 11 is 17.0. The average molecular weight is 424 g/mol. The van der Waals surface area contributed by atoms with Crippen LogP contribution in [0.5, 0.6) is 5.75 Å². The Morgan fingerprint density at radius 2 is 2.07 bits per heavy atom. The predicted molar refractivity (Wildman–Crippen MR) is 106 cm³/mol. The van der Waals surface area contributed by atoms with Gasteiger partial charge in [-0.2, -0.15) is 0 Å². The number of carbonyl (C=O) groups excluding carboxylic acids is 1. The smallest absolute Gasteiger partial charge is 0.287 e. The number of rotatable bonds is 6. The number of carbonyl (C=O) groups is 1. The van der Waals surface area contributed by atoms with Crippen molar-refractivity contribution in [2.45, 2.75) is 20.1 Å². The Bertz CT molecular complexity index is 1030. The van der Waals surface area contributed by atoms with Crippen LogP contribution in [0.3, 0.4) is 0 Å². The monoisotopic (exact) mass is 423 g/mol. The summed E-state index contributed by atoms with van der Waals surface area (Å²) in [6.45, 7) is 1.85. The molecule has 0 radical (unpaired) electrons. The number of amides is 1. The first-order valence-electron chi connectivity index (χ1n) is 7.92. The molecule has 0 fully saturated rings. The molecule has 0 aliphatic heterocycles. The number of halogens is 2. The molecule has 0 saturated carbocycles. The van der Waals surface area contributed by atoms with E-state index in [0.29, 0.717) is 15.8 Å². The van der Waals surface area contributed by atoms with E-state index in [-0.39, 0.29) is 29.8 Å². The molecule has 0 saturated heterocycles. The minimum Gasteiger partial charge on any atom is -0.482 e. The molecule has 3 aromatic rings. The van der Waals surface area contributed by atoms with Crippen molar-refractivity contribution in [3.8, 4) is 5.75 Å². The molecule has 6 nitrogen and oxygen atoms in total. The van der Waals surface area contributed by atoms with Crippen LogP contribution in [0, 0.1) is 11.8 Å². The van der Waals surface area contributed by atoms with E-state index in [2.05, 4.69) is 10.4 Å². The summed E-state index contributed by atoms with van der Waals surface area (Å²) in [4.78, 5) is 12.3. The van der Waals surface area contributed by atoms with Crippen molar-refractivity contribution < 1.29 is 13.9 Å². The molecule has 0 unspecified atom stereocenters. The van der Waals surface area contributed by atoms with Gasteiger partial charge in [0.05, 0.1) is 5.02 Å². The van der Waals surface area contributed by atoms with Gasteiger partial charge in [-0.1, -0.05) is 41.4 Å². The van der Waals surface area contributed by atoms with Crippen molar-refractivity contribution in [2.24, 2.45) is 0 Å². The van der Waals surface area contributed by atoms with Gasteiger partial charge in [0.2, 0.25) is 5.91 Å². The number of hydrogen-bond acceptors (Lipinski definition) is 5. The third-order valence-electron chi connectivity index (χ3n) is 3.61. The first kappa shape index (κ1) is 19.4. The van der Waals surface area contributed by atoms with Gasteiger partial charge in [-0.15, -0.1) is 5.10 Å². The molecule has 1 aromatic heterocycles. The molecule has 27 heavy (non-hydrogen) atoms. The number of aryl methyl sites for hydroxylation is 1. The van der Waals surface area contributed by atoms with Crippen LogP contribution in [0.1, 0.15) is 11.5 Å². The van der Waals surface area contributed by atoms with Crippen LogP contribution < -0.4 is 10.1 Å². The average Bonchev–Trinajstić information content (AvgIpc) is 2.96. The summed E-state index contributed by atoms with van der Waals surface area (Å²) in [5.74, 6) is 0.408. The Balaban J connectivity index is 1.63. The van der Waals surface area contributed by atoms with E-state index in [1.54, 1.807) is 18.2 Å². The predicted octanol–water partition coefficient (Wildman–Crippen LogP) is 5.04. The van der Waals surface area contributed by atoms with Gasteiger partial charge >= 0.3 is 0 Å². The first-order valence-corrected chi connectivity index (χ1v) is 9.09. The molecule has 9 heteroatoms. The zero-order valence-electron chi connectivity index (χ0n) is 14.2. The molecule has 1 amide bonds. The van der Waals surface area contributed by atoms with Crippen molar-refractivity contribution in [3.05, 3.63) is 68.8 Å². The number of nitrogens with one attached hydrogen (secondary N) is 1. The fourth-order valence-electron chi connectivity index (χ4n) is 2.28. The number of hydrogen-bond donors (Lipinski definition) is 1. The number of anilines is 1. The van der Waals surface area contributed by atoms with Crippen LogP contribution in [0.2, 0.25) is 10.0 Å². The van der Waals surface area contributed by atoms with Gasteiger partial charge < -0.3 is 14.5 Å². The van der Waals surface area contributed by atoms with Gasteiger partial charge in [0.25, 0.3) is 10.7 Å². The van der Waals surface area contributed by atoms with E-state index < -0.39 is 0 Å². The molecule has 0 bridgehead atoms.